The fraction of sp³-hybridized carbons (Fsp3) is 0.167. The van der Waals surface area contributed by atoms with Gasteiger partial charge < -0.3 is 5.11 Å². The van der Waals surface area contributed by atoms with Crippen LogP contribution >= 0.6 is 22.9 Å². The highest BCUT2D eigenvalue weighted by atomic mass is 35.5. The molecule has 19 heavy (non-hydrogen) atoms. The molecule has 4 nitrogen and oxygen atoms in total. The maximum Gasteiger partial charge on any atom is 0.271 e. The van der Waals surface area contributed by atoms with Gasteiger partial charge in [-0.15, -0.1) is 11.3 Å². The van der Waals surface area contributed by atoms with E-state index in [4.69, 9.17) is 11.6 Å². The Morgan fingerprint density at radius 1 is 1.32 bits per heavy atom. The number of thiophene rings is 1. The van der Waals surface area contributed by atoms with Crippen LogP contribution in [0, 0.1) is 0 Å². The number of rotatable bonds is 4. The monoisotopic (exact) mass is 317 g/mol. The van der Waals surface area contributed by atoms with Gasteiger partial charge in [-0.25, -0.2) is 8.42 Å². The smallest absolute Gasteiger partial charge is 0.271 e. The van der Waals surface area contributed by atoms with Crippen LogP contribution in [-0.4, -0.2) is 13.5 Å². The first-order chi connectivity index (χ1) is 8.88. The molecule has 2 rings (SSSR count). The van der Waals surface area contributed by atoms with Crippen LogP contribution < -0.4 is 4.72 Å². The highest BCUT2D eigenvalue weighted by Gasteiger charge is 2.17. The third-order valence-electron chi connectivity index (χ3n) is 2.43. The van der Waals surface area contributed by atoms with Gasteiger partial charge in [-0.3, -0.25) is 4.72 Å². The molecule has 0 radical (unpaired) electrons. The standard InChI is InChI=1S/C12H12ClNO3S2/c1-8(15)9-3-2-4-10(7-9)14-19(16,17)12-6-5-11(13)18-12/h2-8,14-15H,1H3. The highest BCUT2D eigenvalue weighted by molar-refractivity contribution is 7.94. The van der Waals surface area contributed by atoms with E-state index >= 15 is 0 Å². The van der Waals surface area contributed by atoms with Gasteiger partial charge in [0.25, 0.3) is 10.0 Å². The summed E-state index contributed by atoms with van der Waals surface area (Å²) in [6.45, 7) is 1.62. The van der Waals surface area contributed by atoms with E-state index in [1.54, 1.807) is 31.2 Å². The highest BCUT2D eigenvalue weighted by Crippen LogP contribution is 2.27. The van der Waals surface area contributed by atoms with Crippen molar-refractivity contribution in [1.82, 2.24) is 0 Å². The first kappa shape index (κ1) is 14.3. The second-order valence-corrected chi connectivity index (χ2v) is 7.59. The van der Waals surface area contributed by atoms with Crippen molar-refractivity contribution in [3.8, 4) is 0 Å². The number of benzene rings is 1. The van der Waals surface area contributed by atoms with Crippen LogP contribution in [0.1, 0.15) is 18.6 Å². The van der Waals surface area contributed by atoms with Crippen LogP contribution in [0.3, 0.4) is 0 Å². The molecule has 0 amide bonds. The molecule has 0 bridgehead atoms. The van der Waals surface area contributed by atoms with E-state index in [0.29, 0.717) is 15.6 Å². The Morgan fingerprint density at radius 2 is 2.05 bits per heavy atom. The Balaban J connectivity index is 2.28. The zero-order chi connectivity index (χ0) is 14.0. The van der Waals surface area contributed by atoms with E-state index in [9.17, 15) is 13.5 Å². The summed E-state index contributed by atoms with van der Waals surface area (Å²) in [6, 6.07) is 9.61. The number of hydrogen-bond acceptors (Lipinski definition) is 4. The van der Waals surface area contributed by atoms with Gasteiger partial charge >= 0.3 is 0 Å². The number of sulfonamides is 1. The van der Waals surface area contributed by atoms with Crippen molar-refractivity contribution >= 4 is 38.6 Å². The third-order valence-corrected chi connectivity index (χ3v) is 5.54. The number of aliphatic hydroxyl groups is 1. The molecular weight excluding hydrogens is 306 g/mol. The van der Waals surface area contributed by atoms with Gasteiger partial charge in [-0.2, -0.15) is 0 Å². The number of anilines is 1. The van der Waals surface area contributed by atoms with Crippen molar-refractivity contribution in [3.05, 3.63) is 46.3 Å². The van der Waals surface area contributed by atoms with Crippen molar-refractivity contribution in [2.75, 3.05) is 4.72 Å². The van der Waals surface area contributed by atoms with Gasteiger partial charge in [0, 0.05) is 5.69 Å². The van der Waals surface area contributed by atoms with Crippen LogP contribution in [0.5, 0.6) is 0 Å². The molecule has 0 saturated carbocycles. The molecule has 1 unspecified atom stereocenters. The molecule has 7 heteroatoms. The molecule has 0 aliphatic rings. The van der Waals surface area contributed by atoms with E-state index < -0.39 is 16.1 Å². The second kappa shape index (κ2) is 5.50. The quantitative estimate of drug-likeness (QED) is 0.909. The molecule has 0 aliphatic carbocycles. The maximum atomic E-state index is 12.1. The SMILES string of the molecule is CC(O)c1cccc(NS(=O)(=O)c2ccc(Cl)s2)c1. The van der Waals surface area contributed by atoms with Crippen LogP contribution in [0.15, 0.2) is 40.6 Å². The summed E-state index contributed by atoms with van der Waals surface area (Å²) in [5, 5.41) is 9.47. The molecule has 0 saturated heterocycles. The Morgan fingerprint density at radius 3 is 2.63 bits per heavy atom. The van der Waals surface area contributed by atoms with E-state index in [1.165, 1.54) is 12.1 Å². The summed E-state index contributed by atoms with van der Waals surface area (Å²) in [7, 11) is -3.63. The van der Waals surface area contributed by atoms with Crippen LogP contribution in [0.25, 0.3) is 0 Å². The molecular formula is C12H12ClNO3S2. The van der Waals surface area contributed by atoms with E-state index in [-0.39, 0.29) is 4.21 Å². The molecule has 102 valence electrons. The molecule has 1 aromatic carbocycles. The van der Waals surface area contributed by atoms with Gasteiger partial charge in [0.2, 0.25) is 0 Å². The van der Waals surface area contributed by atoms with Gasteiger partial charge in [-0.05, 0) is 36.8 Å². The fourth-order valence-corrected chi connectivity index (χ4v) is 4.04. The van der Waals surface area contributed by atoms with Crippen LogP contribution in [-0.2, 0) is 10.0 Å². The lowest BCUT2D eigenvalue weighted by Gasteiger charge is -2.09. The van der Waals surface area contributed by atoms with Gasteiger partial charge in [0.05, 0.1) is 10.4 Å². The molecule has 1 aromatic heterocycles. The predicted molar refractivity (Wildman–Crippen MR) is 77.2 cm³/mol. The normalized spacial score (nSPS) is 13.2. The summed E-state index contributed by atoms with van der Waals surface area (Å²) in [5.74, 6) is 0. The van der Waals surface area contributed by atoms with Gasteiger partial charge in [-0.1, -0.05) is 23.7 Å². The van der Waals surface area contributed by atoms with Gasteiger partial charge in [0.1, 0.15) is 4.21 Å². The van der Waals surface area contributed by atoms with Crippen molar-refractivity contribution in [2.24, 2.45) is 0 Å². The Kier molecular flexibility index (Phi) is 4.15. The summed E-state index contributed by atoms with van der Waals surface area (Å²) in [5.41, 5.74) is 1.05. The topological polar surface area (TPSA) is 66.4 Å². The van der Waals surface area contributed by atoms with E-state index in [1.807, 2.05) is 0 Å². The largest absolute Gasteiger partial charge is 0.389 e. The minimum Gasteiger partial charge on any atom is -0.389 e. The molecule has 0 spiro atoms. The number of aliphatic hydroxyl groups excluding tert-OH is 1. The lowest BCUT2D eigenvalue weighted by Crippen LogP contribution is -2.11. The van der Waals surface area contributed by atoms with Crippen LogP contribution in [0.2, 0.25) is 4.34 Å². The molecule has 1 heterocycles. The maximum absolute atomic E-state index is 12.1. The average Bonchev–Trinajstić information content (AvgIpc) is 2.76. The molecule has 0 aliphatic heterocycles. The average molecular weight is 318 g/mol. The first-order valence-corrected chi connectivity index (χ1v) is 8.12. The Labute approximate surface area is 120 Å². The zero-order valence-electron chi connectivity index (χ0n) is 10.00. The minimum absolute atomic E-state index is 0.153. The van der Waals surface area contributed by atoms with Crippen molar-refractivity contribution in [3.63, 3.8) is 0 Å². The zero-order valence-corrected chi connectivity index (χ0v) is 12.4. The molecule has 2 N–H and O–H groups in total. The Bertz CT molecular complexity index is 680. The lowest BCUT2D eigenvalue weighted by atomic mass is 10.1. The molecule has 0 fully saturated rings. The van der Waals surface area contributed by atoms with E-state index in [2.05, 4.69) is 4.72 Å². The fourth-order valence-electron chi connectivity index (χ4n) is 1.51. The molecule has 1 atom stereocenters. The number of hydrogen-bond donors (Lipinski definition) is 2. The summed E-state index contributed by atoms with van der Waals surface area (Å²) >= 11 is 6.72. The van der Waals surface area contributed by atoms with Crippen molar-refractivity contribution in [1.29, 1.82) is 0 Å². The van der Waals surface area contributed by atoms with Gasteiger partial charge in [0.15, 0.2) is 0 Å². The van der Waals surface area contributed by atoms with Crippen molar-refractivity contribution < 1.29 is 13.5 Å². The van der Waals surface area contributed by atoms with Crippen molar-refractivity contribution in [2.45, 2.75) is 17.2 Å². The predicted octanol–water partition coefficient (Wildman–Crippen LogP) is 3.26. The molecule has 2 aromatic rings. The number of halogens is 1. The third kappa shape index (κ3) is 3.48. The number of nitrogens with one attached hydrogen (secondary N) is 1. The summed E-state index contributed by atoms with van der Waals surface area (Å²) in [4.78, 5) is 0. The first-order valence-electron chi connectivity index (χ1n) is 5.45. The summed E-state index contributed by atoms with van der Waals surface area (Å²) < 4.78 is 27.2. The van der Waals surface area contributed by atoms with E-state index in [0.717, 1.165) is 11.3 Å². The lowest BCUT2D eigenvalue weighted by molar-refractivity contribution is 0.199. The second-order valence-electron chi connectivity index (χ2n) is 3.97. The Hall–Kier alpha value is -1.08. The minimum atomic E-state index is -3.63. The van der Waals surface area contributed by atoms with Crippen LogP contribution in [0.4, 0.5) is 5.69 Å². The summed E-state index contributed by atoms with van der Waals surface area (Å²) in [6.07, 6.45) is -0.652.